The highest BCUT2D eigenvalue weighted by atomic mass is 16.3. The molecule has 0 spiro atoms. The summed E-state index contributed by atoms with van der Waals surface area (Å²) >= 11 is 0. The number of aliphatic hydroxyl groups is 1. The molecule has 0 aromatic heterocycles. The van der Waals surface area contributed by atoms with Crippen LogP contribution in [-0.2, 0) is 4.79 Å². The van der Waals surface area contributed by atoms with Crippen molar-refractivity contribution in [1.29, 1.82) is 0 Å². The summed E-state index contributed by atoms with van der Waals surface area (Å²) in [7, 11) is 0. The highest BCUT2D eigenvalue weighted by molar-refractivity contribution is 5.98. The zero-order valence-electron chi connectivity index (χ0n) is 9.21. The van der Waals surface area contributed by atoms with Gasteiger partial charge < -0.3 is 10.4 Å². The van der Waals surface area contributed by atoms with Crippen LogP contribution in [0.2, 0.25) is 0 Å². The molecule has 0 rings (SSSR count). The lowest BCUT2D eigenvalue weighted by Crippen LogP contribution is -2.25. The van der Waals surface area contributed by atoms with Crippen molar-refractivity contribution in [2.45, 2.75) is 13.8 Å². The number of allylic oxidation sites excluding steroid dienone is 3. The Morgan fingerprint density at radius 1 is 1.53 bits per heavy atom. The van der Waals surface area contributed by atoms with Gasteiger partial charge >= 0.3 is 0 Å². The second-order valence-corrected chi connectivity index (χ2v) is 3.02. The Labute approximate surface area is 90.5 Å². The van der Waals surface area contributed by atoms with E-state index in [0.29, 0.717) is 5.57 Å². The number of hydrogen-bond donors (Lipinski definition) is 2. The molecule has 0 aromatic rings. The van der Waals surface area contributed by atoms with E-state index in [-0.39, 0.29) is 18.2 Å². The van der Waals surface area contributed by atoms with Gasteiger partial charge in [0.15, 0.2) is 0 Å². The Morgan fingerprint density at radius 2 is 2.13 bits per heavy atom. The van der Waals surface area contributed by atoms with Crippen LogP contribution >= 0.6 is 0 Å². The first kappa shape index (κ1) is 13.4. The minimum Gasteiger partial charge on any atom is -0.390 e. The zero-order valence-corrected chi connectivity index (χ0v) is 9.21. The number of amides is 1. The molecule has 0 atom stereocenters. The Kier molecular flexibility index (Phi) is 6.06. The fourth-order valence-electron chi connectivity index (χ4n) is 0.930. The summed E-state index contributed by atoms with van der Waals surface area (Å²) in [6.07, 6.45) is 5.07. The third kappa shape index (κ3) is 4.42. The molecule has 0 saturated carbocycles. The molecule has 1 amide bonds. The van der Waals surface area contributed by atoms with E-state index in [1.54, 1.807) is 25.2 Å². The fourth-order valence-corrected chi connectivity index (χ4v) is 0.930. The van der Waals surface area contributed by atoms with Crippen LogP contribution in [0.5, 0.6) is 0 Å². The normalized spacial score (nSPS) is 12.2. The Bertz CT molecular complexity index is 325. The standard InChI is InChI=1S/C12H17NO2/c1-5-7-11(9(3)6-2)12(15)13-10(4)8-14/h5-7,14H,2,4,8H2,1,3H3,(H,13,15)/b7-5-,11-9+. The highest BCUT2D eigenvalue weighted by Gasteiger charge is 2.08. The van der Waals surface area contributed by atoms with E-state index in [1.807, 2.05) is 6.92 Å². The van der Waals surface area contributed by atoms with Crippen LogP contribution in [0.1, 0.15) is 13.8 Å². The lowest BCUT2D eigenvalue weighted by molar-refractivity contribution is -0.116. The molecular weight excluding hydrogens is 190 g/mol. The van der Waals surface area contributed by atoms with E-state index in [2.05, 4.69) is 18.5 Å². The molecule has 0 radical (unpaired) electrons. The minimum atomic E-state index is -0.287. The van der Waals surface area contributed by atoms with Crippen LogP contribution in [0.3, 0.4) is 0 Å². The molecule has 3 heteroatoms. The molecule has 3 nitrogen and oxygen atoms in total. The first-order chi connectivity index (χ1) is 7.06. The topological polar surface area (TPSA) is 49.3 Å². The number of rotatable bonds is 5. The molecule has 0 aliphatic heterocycles. The quantitative estimate of drug-likeness (QED) is 0.532. The molecule has 0 aliphatic rings. The van der Waals surface area contributed by atoms with Crippen LogP contribution in [0.4, 0.5) is 0 Å². The van der Waals surface area contributed by atoms with Gasteiger partial charge in [-0.2, -0.15) is 0 Å². The average Bonchev–Trinajstić information content (AvgIpc) is 2.24. The summed E-state index contributed by atoms with van der Waals surface area (Å²) in [5, 5.41) is 11.2. The van der Waals surface area contributed by atoms with Crippen LogP contribution < -0.4 is 5.32 Å². The molecule has 0 saturated heterocycles. The van der Waals surface area contributed by atoms with Gasteiger partial charge in [-0.15, -0.1) is 0 Å². The first-order valence-corrected chi connectivity index (χ1v) is 4.62. The summed E-state index contributed by atoms with van der Waals surface area (Å²) in [6, 6.07) is 0. The number of hydrogen-bond acceptors (Lipinski definition) is 2. The molecule has 0 aliphatic carbocycles. The SMILES string of the molecule is C=C/C(C)=C(\C=C/C)C(=O)NC(=C)CO. The van der Waals surface area contributed by atoms with Gasteiger partial charge in [-0.05, 0) is 19.4 Å². The van der Waals surface area contributed by atoms with E-state index in [0.717, 1.165) is 5.57 Å². The van der Waals surface area contributed by atoms with Gasteiger partial charge in [0.25, 0.3) is 5.91 Å². The zero-order chi connectivity index (χ0) is 11.8. The van der Waals surface area contributed by atoms with Crippen LogP contribution in [0.25, 0.3) is 0 Å². The molecule has 2 N–H and O–H groups in total. The summed E-state index contributed by atoms with van der Waals surface area (Å²) in [5.41, 5.74) is 1.57. The largest absolute Gasteiger partial charge is 0.390 e. The third-order valence-corrected chi connectivity index (χ3v) is 1.79. The fraction of sp³-hybridized carbons (Fsp3) is 0.250. The van der Waals surface area contributed by atoms with Gasteiger partial charge in [0.05, 0.1) is 6.61 Å². The van der Waals surface area contributed by atoms with E-state index in [9.17, 15) is 4.79 Å². The van der Waals surface area contributed by atoms with Gasteiger partial charge in [0.1, 0.15) is 0 Å². The highest BCUT2D eigenvalue weighted by Crippen LogP contribution is 2.07. The van der Waals surface area contributed by atoms with Crippen molar-refractivity contribution in [3.05, 3.63) is 48.2 Å². The van der Waals surface area contributed by atoms with E-state index >= 15 is 0 Å². The van der Waals surface area contributed by atoms with E-state index in [1.165, 1.54) is 0 Å². The predicted octanol–water partition coefficient (Wildman–Crippen LogP) is 1.69. The Balaban J connectivity index is 4.88. The second kappa shape index (κ2) is 6.79. The van der Waals surface area contributed by atoms with Crippen molar-refractivity contribution in [1.82, 2.24) is 5.32 Å². The number of aliphatic hydroxyl groups excluding tert-OH is 1. The molecule has 15 heavy (non-hydrogen) atoms. The number of carbonyl (C=O) groups excluding carboxylic acids is 1. The van der Waals surface area contributed by atoms with Gasteiger partial charge in [-0.1, -0.05) is 31.4 Å². The molecule has 0 fully saturated rings. The maximum absolute atomic E-state index is 11.7. The summed E-state index contributed by atoms with van der Waals surface area (Å²) < 4.78 is 0. The maximum Gasteiger partial charge on any atom is 0.255 e. The van der Waals surface area contributed by atoms with Crippen molar-refractivity contribution >= 4 is 5.91 Å². The van der Waals surface area contributed by atoms with Crippen LogP contribution in [-0.4, -0.2) is 17.6 Å². The number of nitrogens with one attached hydrogen (secondary N) is 1. The molecular formula is C12H17NO2. The van der Waals surface area contributed by atoms with Gasteiger partial charge in [0, 0.05) is 11.3 Å². The van der Waals surface area contributed by atoms with Gasteiger partial charge in [-0.25, -0.2) is 0 Å². The average molecular weight is 207 g/mol. The summed E-state index contributed by atoms with van der Waals surface area (Å²) in [4.78, 5) is 11.7. The van der Waals surface area contributed by atoms with E-state index in [4.69, 9.17) is 5.11 Å². The summed E-state index contributed by atoms with van der Waals surface area (Å²) in [5.74, 6) is -0.287. The van der Waals surface area contributed by atoms with Crippen molar-refractivity contribution in [3.63, 3.8) is 0 Å². The van der Waals surface area contributed by atoms with Crippen molar-refractivity contribution in [2.24, 2.45) is 0 Å². The molecule has 82 valence electrons. The Morgan fingerprint density at radius 3 is 2.53 bits per heavy atom. The first-order valence-electron chi connectivity index (χ1n) is 4.62. The van der Waals surface area contributed by atoms with Crippen LogP contribution in [0.15, 0.2) is 48.2 Å². The molecule has 0 aromatic carbocycles. The lowest BCUT2D eigenvalue weighted by atomic mass is 10.1. The Hall–Kier alpha value is -1.61. The predicted molar refractivity (Wildman–Crippen MR) is 62.1 cm³/mol. The number of carbonyl (C=O) groups is 1. The molecule has 0 unspecified atom stereocenters. The maximum atomic E-state index is 11.7. The smallest absolute Gasteiger partial charge is 0.255 e. The molecule has 0 bridgehead atoms. The van der Waals surface area contributed by atoms with Crippen LogP contribution in [0, 0.1) is 0 Å². The summed E-state index contributed by atoms with van der Waals surface area (Å²) in [6.45, 7) is 10.4. The van der Waals surface area contributed by atoms with E-state index < -0.39 is 0 Å². The van der Waals surface area contributed by atoms with Crippen molar-refractivity contribution < 1.29 is 9.90 Å². The van der Waals surface area contributed by atoms with Crippen molar-refractivity contribution in [3.8, 4) is 0 Å². The van der Waals surface area contributed by atoms with Gasteiger partial charge in [0.2, 0.25) is 0 Å². The van der Waals surface area contributed by atoms with Gasteiger partial charge in [-0.3, -0.25) is 4.79 Å². The third-order valence-electron chi connectivity index (χ3n) is 1.79. The minimum absolute atomic E-state index is 0.262. The van der Waals surface area contributed by atoms with Crippen molar-refractivity contribution in [2.75, 3.05) is 6.61 Å². The molecule has 0 heterocycles. The second-order valence-electron chi connectivity index (χ2n) is 3.02. The lowest BCUT2D eigenvalue weighted by Gasteiger charge is -2.07. The monoisotopic (exact) mass is 207 g/mol.